The predicted octanol–water partition coefficient (Wildman–Crippen LogP) is 2.31. The molecule has 0 atom stereocenters. The molecule has 1 N–H and O–H groups in total. The average Bonchev–Trinajstić information content (AvgIpc) is 2.76. The summed E-state index contributed by atoms with van der Waals surface area (Å²) in [5.41, 5.74) is 0.897. The van der Waals surface area contributed by atoms with Gasteiger partial charge >= 0.3 is 12.1 Å². The summed E-state index contributed by atoms with van der Waals surface area (Å²) in [6.45, 7) is -1.28. The van der Waals surface area contributed by atoms with E-state index in [1.807, 2.05) is 0 Å². The Morgan fingerprint density at radius 1 is 1.40 bits per heavy atom. The van der Waals surface area contributed by atoms with Gasteiger partial charge in [0, 0.05) is 6.54 Å². The molecule has 5 nitrogen and oxygen atoms in total. The summed E-state index contributed by atoms with van der Waals surface area (Å²) in [5.74, 6) is -1.10. The smallest absolute Gasteiger partial charge is 0.411 e. The van der Waals surface area contributed by atoms with Gasteiger partial charge in [0.15, 0.2) is 0 Å². The molecule has 0 radical (unpaired) electrons. The Kier molecular flexibility index (Phi) is 3.93. The Bertz CT molecular complexity index is 622. The Morgan fingerprint density at radius 3 is 2.80 bits per heavy atom. The van der Waals surface area contributed by atoms with Crippen LogP contribution < -0.4 is 0 Å². The van der Waals surface area contributed by atoms with E-state index < -0.39 is 18.8 Å². The van der Waals surface area contributed by atoms with Gasteiger partial charge in [-0.25, -0.2) is 9.78 Å². The topological polar surface area (TPSA) is 64.3 Å². The number of imidazole rings is 1. The number of nitrogens with zero attached hydrogens (tertiary/aromatic N) is 2. The Labute approximate surface area is 111 Å². The molecular formula is C12H11F3N2O3. The van der Waals surface area contributed by atoms with Crippen LogP contribution in [0.1, 0.15) is 10.4 Å². The van der Waals surface area contributed by atoms with E-state index in [4.69, 9.17) is 5.11 Å². The van der Waals surface area contributed by atoms with E-state index in [2.05, 4.69) is 9.72 Å². The van der Waals surface area contributed by atoms with Crippen LogP contribution in [0.2, 0.25) is 0 Å². The number of halogens is 3. The molecule has 0 saturated carbocycles. The monoisotopic (exact) mass is 288 g/mol. The molecule has 0 aliphatic heterocycles. The van der Waals surface area contributed by atoms with E-state index in [9.17, 15) is 18.0 Å². The van der Waals surface area contributed by atoms with Crippen molar-refractivity contribution in [3.8, 4) is 0 Å². The van der Waals surface area contributed by atoms with Crippen molar-refractivity contribution in [3.63, 3.8) is 0 Å². The van der Waals surface area contributed by atoms with Crippen molar-refractivity contribution >= 4 is 17.0 Å². The van der Waals surface area contributed by atoms with Crippen LogP contribution >= 0.6 is 0 Å². The van der Waals surface area contributed by atoms with Crippen LogP contribution in [-0.2, 0) is 11.3 Å². The summed E-state index contributed by atoms with van der Waals surface area (Å²) in [4.78, 5) is 15.0. The number of rotatable bonds is 5. The lowest BCUT2D eigenvalue weighted by atomic mass is 10.2. The van der Waals surface area contributed by atoms with Gasteiger partial charge in [-0.2, -0.15) is 13.2 Å². The summed E-state index contributed by atoms with van der Waals surface area (Å²) in [5, 5.41) is 9.00. The number of carboxylic acids is 1. The minimum Gasteiger partial charge on any atom is -0.478 e. The zero-order valence-corrected chi connectivity index (χ0v) is 10.2. The number of fused-ring (bicyclic) bond motifs is 1. The van der Waals surface area contributed by atoms with E-state index in [1.165, 1.54) is 12.4 Å². The second-order valence-electron chi connectivity index (χ2n) is 4.08. The van der Waals surface area contributed by atoms with Gasteiger partial charge in [0.25, 0.3) is 0 Å². The molecule has 1 aromatic heterocycles. The van der Waals surface area contributed by atoms with E-state index in [0.717, 1.165) is 0 Å². The van der Waals surface area contributed by atoms with E-state index in [0.29, 0.717) is 11.0 Å². The predicted molar refractivity (Wildman–Crippen MR) is 63.6 cm³/mol. The summed E-state index contributed by atoms with van der Waals surface area (Å²) in [7, 11) is 0. The van der Waals surface area contributed by atoms with Gasteiger partial charge < -0.3 is 14.4 Å². The van der Waals surface area contributed by atoms with Crippen LogP contribution in [0.25, 0.3) is 11.0 Å². The summed E-state index contributed by atoms with van der Waals surface area (Å²) in [6, 6.07) is 4.63. The maximum atomic E-state index is 11.9. The molecule has 0 fully saturated rings. The molecule has 108 valence electrons. The molecular weight excluding hydrogens is 277 g/mol. The van der Waals surface area contributed by atoms with Crippen LogP contribution in [0.3, 0.4) is 0 Å². The van der Waals surface area contributed by atoms with Crippen LogP contribution in [-0.4, -0.2) is 40.0 Å². The fourth-order valence-electron chi connectivity index (χ4n) is 1.79. The van der Waals surface area contributed by atoms with Crippen molar-refractivity contribution in [2.24, 2.45) is 0 Å². The number of aromatic nitrogens is 2. The first-order chi connectivity index (χ1) is 9.38. The maximum absolute atomic E-state index is 11.9. The Balaban J connectivity index is 2.08. The fourth-order valence-corrected chi connectivity index (χ4v) is 1.79. The lowest BCUT2D eigenvalue weighted by molar-refractivity contribution is -0.174. The zero-order chi connectivity index (χ0) is 14.8. The van der Waals surface area contributed by atoms with Crippen molar-refractivity contribution in [2.75, 3.05) is 13.2 Å². The average molecular weight is 288 g/mol. The second-order valence-corrected chi connectivity index (χ2v) is 4.08. The number of carbonyl (C=O) groups is 1. The standard InChI is InChI=1S/C12H11F3N2O3/c13-12(14,15)6-20-5-4-17-7-16-10-8(11(18)19)2-1-3-9(10)17/h1-3,7H,4-6H2,(H,18,19). The molecule has 0 aliphatic rings. The maximum Gasteiger partial charge on any atom is 0.411 e. The molecule has 1 heterocycles. The largest absolute Gasteiger partial charge is 0.478 e. The molecule has 2 rings (SSSR count). The number of hydrogen-bond acceptors (Lipinski definition) is 3. The van der Waals surface area contributed by atoms with Gasteiger partial charge in [0.2, 0.25) is 0 Å². The molecule has 8 heteroatoms. The Morgan fingerprint density at radius 2 is 2.15 bits per heavy atom. The number of aromatic carboxylic acids is 1. The van der Waals surface area contributed by atoms with Gasteiger partial charge in [-0.1, -0.05) is 6.07 Å². The molecule has 0 unspecified atom stereocenters. The van der Waals surface area contributed by atoms with Gasteiger partial charge in [-0.05, 0) is 12.1 Å². The number of ether oxygens (including phenoxy) is 1. The molecule has 0 spiro atoms. The van der Waals surface area contributed by atoms with Crippen LogP contribution in [0.5, 0.6) is 0 Å². The molecule has 0 bridgehead atoms. The minimum absolute atomic E-state index is 0.0532. The van der Waals surface area contributed by atoms with Crippen LogP contribution in [0.15, 0.2) is 24.5 Å². The van der Waals surface area contributed by atoms with Crippen molar-refractivity contribution in [2.45, 2.75) is 12.7 Å². The molecule has 0 saturated heterocycles. The zero-order valence-electron chi connectivity index (χ0n) is 10.2. The highest BCUT2D eigenvalue weighted by atomic mass is 19.4. The Hall–Kier alpha value is -2.09. The minimum atomic E-state index is -4.35. The lowest BCUT2D eigenvalue weighted by Gasteiger charge is -2.08. The first kappa shape index (κ1) is 14.3. The van der Waals surface area contributed by atoms with Gasteiger partial charge in [0.05, 0.1) is 24.0 Å². The lowest BCUT2D eigenvalue weighted by Crippen LogP contribution is -2.18. The third kappa shape index (κ3) is 3.27. The van der Waals surface area contributed by atoms with Crippen molar-refractivity contribution in [3.05, 3.63) is 30.1 Å². The molecule has 0 aliphatic carbocycles. The van der Waals surface area contributed by atoms with Crippen molar-refractivity contribution in [1.82, 2.24) is 9.55 Å². The third-order valence-corrected chi connectivity index (χ3v) is 2.62. The van der Waals surface area contributed by atoms with E-state index >= 15 is 0 Å². The van der Waals surface area contributed by atoms with Crippen LogP contribution in [0, 0.1) is 0 Å². The third-order valence-electron chi connectivity index (χ3n) is 2.62. The van der Waals surface area contributed by atoms with Crippen LogP contribution in [0.4, 0.5) is 13.2 Å². The number of carboxylic acid groups (broad SMARTS) is 1. The highest BCUT2D eigenvalue weighted by Crippen LogP contribution is 2.18. The quantitative estimate of drug-likeness (QED) is 0.857. The molecule has 1 aromatic carbocycles. The molecule has 0 amide bonds. The SMILES string of the molecule is O=C(O)c1cccc2c1ncn2CCOCC(F)(F)F. The summed E-state index contributed by atoms with van der Waals surface area (Å²) in [6.07, 6.45) is -2.97. The van der Waals surface area contributed by atoms with Crippen molar-refractivity contribution in [1.29, 1.82) is 0 Å². The highest BCUT2D eigenvalue weighted by Gasteiger charge is 2.27. The first-order valence-electron chi connectivity index (χ1n) is 5.70. The summed E-state index contributed by atoms with van der Waals surface area (Å²) < 4.78 is 41.8. The van der Waals surface area contributed by atoms with E-state index in [1.54, 1.807) is 16.7 Å². The second kappa shape index (κ2) is 5.49. The van der Waals surface area contributed by atoms with Gasteiger partial charge in [0.1, 0.15) is 12.1 Å². The van der Waals surface area contributed by atoms with Gasteiger partial charge in [-0.15, -0.1) is 0 Å². The number of hydrogen-bond donors (Lipinski definition) is 1. The van der Waals surface area contributed by atoms with Gasteiger partial charge in [-0.3, -0.25) is 0 Å². The first-order valence-corrected chi connectivity index (χ1v) is 5.70. The molecule has 20 heavy (non-hydrogen) atoms. The molecule has 2 aromatic rings. The van der Waals surface area contributed by atoms with E-state index in [-0.39, 0.29) is 18.7 Å². The normalized spacial score (nSPS) is 11.9. The summed E-state index contributed by atoms with van der Waals surface area (Å²) >= 11 is 0. The number of alkyl halides is 3. The number of para-hydroxylation sites is 1. The van der Waals surface area contributed by atoms with Crippen molar-refractivity contribution < 1.29 is 27.8 Å². The highest BCUT2D eigenvalue weighted by molar-refractivity contribution is 6.00. The fraction of sp³-hybridized carbons (Fsp3) is 0.333. The number of benzene rings is 1.